The van der Waals surface area contributed by atoms with Gasteiger partial charge in [0.1, 0.15) is 0 Å². The molecule has 0 radical (unpaired) electrons. The van der Waals surface area contributed by atoms with Crippen LogP contribution in [0.1, 0.15) is 6.42 Å². The van der Waals surface area contributed by atoms with Gasteiger partial charge in [-0.1, -0.05) is 0 Å². The summed E-state index contributed by atoms with van der Waals surface area (Å²) in [6.45, 7) is 0. The summed E-state index contributed by atoms with van der Waals surface area (Å²) in [5, 5.41) is 0. The van der Waals surface area contributed by atoms with Crippen LogP contribution in [-0.4, -0.2) is 11.9 Å². The predicted molar refractivity (Wildman–Crippen MR) is 35.2 cm³/mol. The van der Waals surface area contributed by atoms with E-state index < -0.39 is 0 Å². The lowest BCUT2D eigenvalue weighted by molar-refractivity contribution is 0.105. The molecule has 0 amide bonds. The van der Waals surface area contributed by atoms with Crippen molar-refractivity contribution in [3.05, 3.63) is 24.5 Å². The molecule has 2 aliphatic rings. The molecule has 2 aliphatic heterocycles. The summed E-state index contributed by atoms with van der Waals surface area (Å²) in [7, 11) is 0. The van der Waals surface area contributed by atoms with Gasteiger partial charge in [-0.25, -0.2) is 4.99 Å². The molecule has 0 aromatic heterocycles. The van der Waals surface area contributed by atoms with Gasteiger partial charge in [0.2, 0.25) is 5.72 Å². The van der Waals surface area contributed by atoms with Crippen molar-refractivity contribution in [1.82, 2.24) is 0 Å². The molecule has 0 aromatic rings. The van der Waals surface area contributed by atoms with E-state index in [4.69, 9.17) is 4.74 Å². The van der Waals surface area contributed by atoms with Gasteiger partial charge in [-0.05, 0) is 18.2 Å². The van der Waals surface area contributed by atoms with Crippen LogP contribution in [0.5, 0.6) is 0 Å². The zero-order valence-electron chi connectivity index (χ0n) is 4.95. The summed E-state index contributed by atoms with van der Waals surface area (Å²) in [6, 6.07) is 0. The summed E-state index contributed by atoms with van der Waals surface area (Å²) in [5.41, 5.74) is -0.333. The Morgan fingerprint density at radius 1 is 1.56 bits per heavy atom. The van der Waals surface area contributed by atoms with E-state index in [0.29, 0.717) is 0 Å². The van der Waals surface area contributed by atoms with Crippen molar-refractivity contribution in [2.75, 3.05) is 0 Å². The third-order valence-corrected chi connectivity index (χ3v) is 1.51. The first-order valence-electron chi connectivity index (χ1n) is 2.97. The predicted octanol–water partition coefficient (Wildman–Crippen LogP) is 1.26. The van der Waals surface area contributed by atoms with Crippen molar-refractivity contribution in [1.29, 1.82) is 0 Å². The average Bonchev–Trinajstić information content (AvgIpc) is 2.45. The minimum absolute atomic E-state index is 0.333. The van der Waals surface area contributed by atoms with Crippen LogP contribution in [0.15, 0.2) is 29.5 Å². The summed E-state index contributed by atoms with van der Waals surface area (Å²) in [5.74, 6) is 0. The maximum absolute atomic E-state index is 5.24. The van der Waals surface area contributed by atoms with Crippen molar-refractivity contribution in [2.45, 2.75) is 12.1 Å². The monoisotopic (exact) mass is 121 g/mol. The van der Waals surface area contributed by atoms with Gasteiger partial charge in [-0.15, -0.1) is 0 Å². The van der Waals surface area contributed by atoms with Crippen molar-refractivity contribution < 1.29 is 4.74 Å². The van der Waals surface area contributed by atoms with E-state index in [0.717, 1.165) is 6.42 Å². The van der Waals surface area contributed by atoms with Crippen LogP contribution in [-0.2, 0) is 4.74 Å². The van der Waals surface area contributed by atoms with Gasteiger partial charge in [-0.3, -0.25) is 0 Å². The molecule has 1 spiro atoms. The van der Waals surface area contributed by atoms with Crippen LogP contribution in [0.3, 0.4) is 0 Å². The largest absolute Gasteiger partial charge is 0.470 e. The number of hydrogen-bond acceptors (Lipinski definition) is 2. The molecule has 9 heavy (non-hydrogen) atoms. The molecule has 0 bridgehead atoms. The molecule has 2 nitrogen and oxygen atoms in total. The lowest BCUT2D eigenvalue weighted by Crippen LogP contribution is -2.18. The molecule has 2 heteroatoms. The summed E-state index contributed by atoms with van der Waals surface area (Å²) in [6.07, 6.45) is 10.2. The number of hydrogen-bond donors (Lipinski definition) is 0. The van der Waals surface area contributed by atoms with Crippen LogP contribution in [0.4, 0.5) is 0 Å². The lowest BCUT2D eigenvalue weighted by Gasteiger charge is -2.15. The minimum Gasteiger partial charge on any atom is -0.470 e. The quantitative estimate of drug-likeness (QED) is 0.472. The molecule has 0 aromatic carbocycles. The van der Waals surface area contributed by atoms with Crippen LogP contribution in [0, 0.1) is 0 Å². The van der Waals surface area contributed by atoms with Crippen molar-refractivity contribution >= 4 is 6.21 Å². The van der Waals surface area contributed by atoms with E-state index in [1.165, 1.54) is 0 Å². The molecule has 0 fully saturated rings. The van der Waals surface area contributed by atoms with Gasteiger partial charge in [0, 0.05) is 12.6 Å². The van der Waals surface area contributed by atoms with Crippen LogP contribution in [0.2, 0.25) is 0 Å². The smallest absolute Gasteiger partial charge is 0.222 e. The van der Waals surface area contributed by atoms with Gasteiger partial charge in [0.25, 0.3) is 0 Å². The fourth-order valence-corrected chi connectivity index (χ4v) is 1.03. The van der Waals surface area contributed by atoms with E-state index in [-0.39, 0.29) is 5.72 Å². The zero-order chi connectivity index (χ0) is 6.16. The third-order valence-electron chi connectivity index (χ3n) is 1.51. The van der Waals surface area contributed by atoms with Gasteiger partial charge >= 0.3 is 0 Å². The molecule has 1 atom stereocenters. The van der Waals surface area contributed by atoms with E-state index in [9.17, 15) is 0 Å². The first-order valence-corrected chi connectivity index (χ1v) is 2.97. The normalized spacial score (nSPS) is 36.4. The molecule has 0 N–H and O–H groups in total. The lowest BCUT2D eigenvalue weighted by atomic mass is 10.2. The van der Waals surface area contributed by atoms with Crippen LogP contribution in [0.25, 0.3) is 0 Å². The van der Waals surface area contributed by atoms with E-state index in [2.05, 4.69) is 4.99 Å². The molecule has 0 aliphatic carbocycles. The number of rotatable bonds is 0. The standard InChI is InChI=1S/C7H7NO/c1-3-7(8-5-1)4-2-6-9-7/h1-3,5-6H,4H2. The summed E-state index contributed by atoms with van der Waals surface area (Å²) < 4.78 is 5.24. The Morgan fingerprint density at radius 3 is 3.11 bits per heavy atom. The second kappa shape index (κ2) is 1.47. The fraction of sp³-hybridized carbons (Fsp3) is 0.286. The number of allylic oxidation sites excluding steroid dienone is 1. The zero-order valence-corrected chi connectivity index (χ0v) is 4.95. The van der Waals surface area contributed by atoms with Crippen LogP contribution < -0.4 is 0 Å². The summed E-state index contributed by atoms with van der Waals surface area (Å²) >= 11 is 0. The van der Waals surface area contributed by atoms with Crippen LogP contribution >= 0.6 is 0 Å². The van der Waals surface area contributed by atoms with Gasteiger partial charge in [-0.2, -0.15) is 0 Å². The molecule has 46 valence electrons. The summed E-state index contributed by atoms with van der Waals surface area (Å²) in [4.78, 5) is 4.15. The Balaban J connectivity index is 2.27. The molecular weight excluding hydrogens is 114 g/mol. The first kappa shape index (κ1) is 4.79. The molecule has 2 heterocycles. The molecule has 0 saturated carbocycles. The Hall–Kier alpha value is -1.05. The highest BCUT2D eigenvalue weighted by Gasteiger charge is 2.30. The van der Waals surface area contributed by atoms with E-state index in [1.54, 1.807) is 12.5 Å². The maximum Gasteiger partial charge on any atom is 0.222 e. The average molecular weight is 121 g/mol. The number of nitrogens with zero attached hydrogens (tertiary/aromatic N) is 1. The van der Waals surface area contributed by atoms with E-state index >= 15 is 0 Å². The maximum atomic E-state index is 5.24. The highest BCUT2D eigenvalue weighted by Crippen LogP contribution is 2.28. The second-order valence-electron chi connectivity index (χ2n) is 2.18. The van der Waals surface area contributed by atoms with Crippen molar-refractivity contribution in [3.8, 4) is 0 Å². The van der Waals surface area contributed by atoms with Gasteiger partial charge in [0.15, 0.2) is 0 Å². The Labute approximate surface area is 53.5 Å². The van der Waals surface area contributed by atoms with E-state index in [1.807, 2.05) is 18.2 Å². The van der Waals surface area contributed by atoms with Gasteiger partial charge < -0.3 is 4.74 Å². The number of ether oxygens (including phenoxy) is 1. The minimum atomic E-state index is -0.333. The van der Waals surface area contributed by atoms with Gasteiger partial charge in [0.05, 0.1) is 6.26 Å². The second-order valence-corrected chi connectivity index (χ2v) is 2.18. The highest BCUT2D eigenvalue weighted by atomic mass is 16.5. The highest BCUT2D eigenvalue weighted by molar-refractivity contribution is 5.75. The molecule has 1 unspecified atom stereocenters. The first-order chi connectivity index (χ1) is 4.41. The molecule has 2 rings (SSSR count). The molecular formula is C7H7NO. The SMILES string of the molecule is C1=CC2(CC=CO2)N=C1. The molecule has 0 saturated heterocycles. The number of aliphatic imine (C=N–C) groups is 1. The Kier molecular flexibility index (Phi) is 0.781. The van der Waals surface area contributed by atoms with Crippen molar-refractivity contribution in [3.63, 3.8) is 0 Å². The fourth-order valence-electron chi connectivity index (χ4n) is 1.03. The van der Waals surface area contributed by atoms with Crippen molar-refractivity contribution in [2.24, 2.45) is 4.99 Å². The third kappa shape index (κ3) is 0.593. The Morgan fingerprint density at radius 2 is 2.56 bits per heavy atom. The Bertz CT molecular complexity index is 181. The topological polar surface area (TPSA) is 21.6 Å².